The molecule has 0 radical (unpaired) electrons. The zero-order valence-corrected chi connectivity index (χ0v) is 9.04. The number of benzene rings is 1. The molecule has 2 rings (SSSR count). The van der Waals surface area contributed by atoms with E-state index in [1.165, 1.54) is 11.3 Å². The van der Waals surface area contributed by atoms with Crippen molar-refractivity contribution in [3.05, 3.63) is 29.3 Å². The molecule has 0 spiro atoms. The Morgan fingerprint density at radius 2 is 2.07 bits per heavy atom. The first-order valence-electron chi connectivity index (χ1n) is 5.05. The molecule has 1 aliphatic rings. The zero-order valence-electron chi connectivity index (χ0n) is 9.04. The molecule has 76 valence electrons. The summed E-state index contributed by atoms with van der Waals surface area (Å²) in [5.74, 6) is 0. The van der Waals surface area contributed by atoms with Crippen molar-refractivity contribution < 1.29 is 5.11 Å². The molecule has 1 heterocycles. The third-order valence-corrected chi connectivity index (χ3v) is 2.92. The van der Waals surface area contributed by atoms with Gasteiger partial charge in [-0.2, -0.15) is 0 Å². The van der Waals surface area contributed by atoms with Crippen LogP contribution in [0.25, 0.3) is 0 Å². The number of nitrogens with zero attached hydrogens (tertiary/aromatic N) is 1. The lowest BCUT2D eigenvalue weighted by Gasteiger charge is -2.20. The molecular weight excluding hydrogens is 174 g/mol. The number of anilines is 1. The van der Waals surface area contributed by atoms with Gasteiger partial charge in [0.05, 0.1) is 5.60 Å². The van der Waals surface area contributed by atoms with Crippen LogP contribution in [0.15, 0.2) is 18.2 Å². The van der Waals surface area contributed by atoms with Crippen molar-refractivity contribution >= 4 is 5.69 Å². The van der Waals surface area contributed by atoms with Crippen LogP contribution in [-0.2, 0) is 12.0 Å². The highest BCUT2D eigenvalue weighted by Crippen LogP contribution is 2.31. The van der Waals surface area contributed by atoms with E-state index >= 15 is 0 Å². The van der Waals surface area contributed by atoms with Crippen LogP contribution >= 0.6 is 0 Å². The van der Waals surface area contributed by atoms with E-state index in [0.29, 0.717) is 0 Å². The van der Waals surface area contributed by atoms with E-state index in [9.17, 15) is 5.11 Å². The van der Waals surface area contributed by atoms with Crippen molar-refractivity contribution in [2.45, 2.75) is 25.9 Å². The number of hydrogen-bond donors (Lipinski definition) is 1. The number of hydrogen-bond acceptors (Lipinski definition) is 2. The number of likely N-dealkylation sites (N-methyl/N-ethyl adjacent to an activating group) is 1. The molecule has 2 heteroatoms. The minimum absolute atomic E-state index is 0.738. The summed E-state index contributed by atoms with van der Waals surface area (Å²) in [5.41, 5.74) is 2.91. The van der Waals surface area contributed by atoms with Crippen molar-refractivity contribution in [3.63, 3.8) is 0 Å². The lowest BCUT2D eigenvalue weighted by atomic mass is 9.96. The molecule has 0 atom stereocenters. The van der Waals surface area contributed by atoms with Gasteiger partial charge in [-0.3, -0.25) is 0 Å². The molecule has 0 saturated carbocycles. The second-order valence-corrected chi connectivity index (χ2v) is 4.57. The number of fused-ring (bicyclic) bond motifs is 1. The average Bonchev–Trinajstić information content (AvgIpc) is 2.46. The van der Waals surface area contributed by atoms with Crippen LogP contribution in [0.4, 0.5) is 5.69 Å². The summed E-state index contributed by atoms with van der Waals surface area (Å²) in [6.07, 6.45) is 1.12. The van der Waals surface area contributed by atoms with E-state index in [1.807, 2.05) is 19.9 Å². The molecule has 0 fully saturated rings. The van der Waals surface area contributed by atoms with E-state index in [-0.39, 0.29) is 0 Å². The van der Waals surface area contributed by atoms with Crippen molar-refractivity contribution in [1.82, 2.24) is 0 Å². The Balaban J connectivity index is 2.45. The minimum atomic E-state index is -0.738. The summed E-state index contributed by atoms with van der Waals surface area (Å²) in [4.78, 5) is 2.24. The standard InChI is InChI=1S/C12H17NO/c1-12(2,14)10-5-4-9-6-7-13(3)11(9)8-10/h4-5,8,14H,6-7H2,1-3H3. The predicted octanol–water partition coefficient (Wildman–Crippen LogP) is 1.91. The molecule has 1 aromatic carbocycles. The molecule has 1 aromatic rings. The first-order valence-corrected chi connectivity index (χ1v) is 5.05. The smallest absolute Gasteiger partial charge is 0.0841 e. The second-order valence-electron chi connectivity index (χ2n) is 4.57. The van der Waals surface area contributed by atoms with Gasteiger partial charge in [0.1, 0.15) is 0 Å². The Morgan fingerprint density at radius 3 is 2.71 bits per heavy atom. The highest BCUT2D eigenvalue weighted by Gasteiger charge is 2.21. The molecule has 2 nitrogen and oxygen atoms in total. The van der Waals surface area contributed by atoms with Gasteiger partial charge >= 0.3 is 0 Å². The molecule has 1 aliphatic heterocycles. The monoisotopic (exact) mass is 191 g/mol. The molecule has 0 unspecified atom stereocenters. The molecule has 0 saturated heterocycles. The van der Waals surface area contributed by atoms with Gasteiger partial charge in [0.2, 0.25) is 0 Å². The Morgan fingerprint density at radius 1 is 1.36 bits per heavy atom. The first kappa shape index (κ1) is 9.53. The van der Waals surface area contributed by atoms with E-state index in [2.05, 4.69) is 24.1 Å². The van der Waals surface area contributed by atoms with Gasteiger partial charge in [-0.1, -0.05) is 12.1 Å². The molecule has 0 aliphatic carbocycles. The fourth-order valence-corrected chi connectivity index (χ4v) is 1.92. The Hall–Kier alpha value is -1.02. The summed E-state index contributed by atoms with van der Waals surface area (Å²) in [6, 6.07) is 6.26. The molecule has 14 heavy (non-hydrogen) atoms. The van der Waals surface area contributed by atoms with Crippen LogP contribution in [0, 0.1) is 0 Å². The number of aliphatic hydroxyl groups is 1. The SMILES string of the molecule is CN1CCc2ccc(C(C)(C)O)cc21. The maximum atomic E-state index is 9.89. The summed E-state index contributed by atoms with van der Waals surface area (Å²) in [7, 11) is 2.10. The van der Waals surface area contributed by atoms with Gasteiger partial charge in [0.25, 0.3) is 0 Å². The Kier molecular flexibility index (Phi) is 2.04. The van der Waals surface area contributed by atoms with Crippen molar-refractivity contribution in [2.75, 3.05) is 18.5 Å². The summed E-state index contributed by atoms with van der Waals surface area (Å²) < 4.78 is 0. The quantitative estimate of drug-likeness (QED) is 0.733. The van der Waals surface area contributed by atoms with Gasteiger partial charge in [-0.25, -0.2) is 0 Å². The minimum Gasteiger partial charge on any atom is -0.386 e. The second kappa shape index (κ2) is 2.99. The van der Waals surface area contributed by atoms with Crippen molar-refractivity contribution in [3.8, 4) is 0 Å². The largest absolute Gasteiger partial charge is 0.386 e. The van der Waals surface area contributed by atoms with Crippen LogP contribution < -0.4 is 4.90 Å². The van der Waals surface area contributed by atoms with Gasteiger partial charge < -0.3 is 10.0 Å². The van der Waals surface area contributed by atoms with E-state index in [1.54, 1.807) is 0 Å². The molecule has 0 amide bonds. The predicted molar refractivity (Wildman–Crippen MR) is 58.7 cm³/mol. The fourth-order valence-electron chi connectivity index (χ4n) is 1.92. The fraction of sp³-hybridized carbons (Fsp3) is 0.500. The summed E-state index contributed by atoms with van der Waals surface area (Å²) >= 11 is 0. The third-order valence-electron chi connectivity index (χ3n) is 2.92. The number of rotatable bonds is 1. The van der Waals surface area contributed by atoms with Gasteiger partial charge in [0, 0.05) is 19.3 Å². The Bertz CT molecular complexity index is 352. The molecule has 0 aromatic heterocycles. The van der Waals surface area contributed by atoms with Crippen LogP contribution in [0.3, 0.4) is 0 Å². The summed E-state index contributed by atoms with van der Waals surface area (Å²) in [6.45, 7) is 4.73. The van der Waals surface area contributed by atoms with E-state index in [0.717, 1.165) is 18.5 Å². The van der Waals surface area contributed by atoms with Crippen LogP contribution in [0.1, 0.15) is 25.0 Å². The van der Waals surface area contributed by atoms with E-state index in [4.69, 9.17) is 0 Å². The normalized spacial score (nSPS) is 15.9. The maximum Gasteiger partial charge on any atom is 0.0841 e. The van der Waals surface area contributed by atoms with Gasteiger partial charge in [0.15, 0.2) is 0 Å². The topological polar surface area (TPSA) is 23.5 Å². The van der Waals surface area contributed by atoms with Gasteiger partial charge in [-0.05, 0) is 37.5 Å². The van der Waals surface area contributed by atoms with Crippen molar-refractivity contribution in [1.29, 1.82) is 0 Å². The molecular formula is C12H17NO. The van der Waals surface area contributed by atoms with E-state index < -0.39 is 5.60 Å². The van der Waals surface area contributed by atoms with Gasteiger partial charge in [-0.15, -0.1) is 0 Å². The third kappa shape index (κ3) is 1.50. The highest BCUT2D eigenvalue weighted by atomic mass is 16.3. The van der Waals surface area contributed by atoms with Crippen LogP contribution in [0.2, 0.25) is 0 Å². The zero-order chi connectivity index (χ0) is 10.3. The van der Waals surface area contributed by atoms with Crippen LogP contribution in [0.5, 0.6) is 0 Å². The highest BCUT2D eigenvalue weighted by molar-refractivity contribution is 5.59. The van der Waals surface area contributed by atoms with Crippen LogP contribution in [-0.4, -0.2) is 18.7 Å². The Labute approximate surface area is 85.2 Å². The summed E-state index contributed by atoms with van der Waals surface area (Å²) in [5, 5.41) is 9.89. The molecule has 0 bridgehead atoms. The lowest BCUT2D eigenvalue weighted by Crippen LogP contribution is -2.17. The maximum absolute atomic E-state index is 9.89. The van der Waals surface area contributed by atoms with Crippen molar-refractivity contribution in [2.24, 2.45) is 0 Å². The lowest BCUT2D eigenvalue weighted by molar-refractivity contribution is 0.0786. The average molecular weight is 191 g/mol. The molecule has 1 N–H and O–H groups in total. The first-order chi connectivity index (χ1) is 6.48.